The monoisotopic (exact) mass is 290 g/mol. The summed E-state index contributed by atoms with van der Waals surface area (Å²) in [5.41, 5.74) is 0.735. The number of carbonyl (C=O) groups is 2. The first-order valence-electron chi connectivity index (χ1n) is 7.49. The van der Waals surface area contributed by atoms with Gasteiger partial charge in [0.2, 0.25) is 0 Å². The van der Waals surface area contributed by atoms with Crippen LogP contribution in [-0.2, 0) is 25.7 Å². The van der Waals surface area contributed by atoms with Crippen LogP contribution in [0.25, 0.3) is 0 Å². The molecular formula is C17H22O4. The molecule has 2 rings (SSSR count). The number of carbonyl (C=O) groups excluding carboxylic acids is 2. The van der Waals surface area contributed by atoms with Crippen LogP contribution in [0.3, 0.4) is 0 Å². The lowest BCUT2D eigenvalue weighted by molar-refractivity contribution is -0.154. The molecule has 0 unspecified atom stereocenters. The Labute approximate surface area is 125 Å². The van der Waals surface area contributed by atoms with Gasteiger partial charge in [0, 0.05) is 0 Å². The molecule has 0 spiro atoms. The highest BCUT2D eigenvalue weighted by Crippen LogP contribution is 2.47. The van der Waals surface area contributed by atoms with Crippen LogP contribution in [0.5, 0.6) is 0 Å². The Morgan fingerprint density at radius 3 is 2.19 bits per heavy atom. The molecule has 0 heterocycles. The van der Waals surface area contributed by atoms with E-state index in [2.05, 4.69) is 0 Å². The molecule has 0 bridgehead atoms. The van der Waals surface area contributed by atoms with E-state index in [0.29, 0.717) is 19.4 Å². The molecule has 0 aliphatic heterocycles. The maximum atomic E-state index is 12.0. The Hall–Kier alpha value is -1.84. The third-order valence-electron chi connectivity index (χ3n) is 4.00. The van der Waals surface area contributed by atoms with Crippen molar-refractivity contribution in [2.45, 2.75) is 45.6 Å². The van der Waals surface area contributed by atoms with Crippen LogP contribution in [-0.4, -0.2) is 18.5 Å². The summed E-state index contributed by atoms with van der Waals surface area (Å²) in [6, 6.07) is 9.60. The number of benzene rings is 1. The van der Waals surface area contributed by atoms with Gasteiger partial charge in [-0.3, -0.25) is 9.59 Å². The molecule has 0 N–H and O–H groups in total. The molecule has 4 nitrogen and oxygen atoms in total. The zero-order chi connectivity index (χ0) is 15.1. The summed E-state index contributed by atoms with van der Waals surface area (Å²) in [7, 11) is 0. The van der Waals surface area contributed by atoms with E-state index in [1.54, 1.807) is 6.92 Å². The van der Waals surface area contributed by atoms with Crippen molar-refractivity contribution in [1.82, 2.24) is 0 Å². The molecule has 21 heavy (non-hydrogen) atoms. The van der Waals surface area contributed by atoms with Crippen molar-refractivity contribution in [2.75, 3.05) is 6.61 Å². The highest BCUT2D eigenvalue weighted by Gasteiger charge is 2.41. The number of ether oxygens (including phenoxy) is 2. The van der Waals surface area contributed by atoms with Crippen LogP contribution >= 0.6 is 0 Å². The highest BCUT2D eigenvalue weighted by atomic mass is 16.5. The average molecular weight is 290 g/mol. The van der Waals surface area contributed by atoms with E-state index in [-0.39, 0.29) is 24.0 Å². The molecule has 1 saturated carbocycles. The van der Waals surface area contributed by atoms with Crippen LogP contribution in [0.15, 0.2) is 30.3 Å². The first kappa shape index (κ1) is 15.5. The first-order chi connectivity index (χ1) is 10.1. The molecule has 4 heteroatoms. The Balaban J connectivity index is 1.81. The SMILES string of the molecule is CCOC(=O)CC1(CC(=O)OCc2ccccc2)CCC1. The lowest BCUT2D eigenvalue weighted by atomic mass is 9.64. The van der Waals surface area contributed by atoms with Gasteiger partial charge in [-0.25, -0.2) is 0 Å². The zero-order valence-electron chi connectivity index (χ0n) is 12.5. The zero-order valence-corrected chi connectivity index (χ0v) is 12.5. The van der Waals surface area contributed by atoms with Gasteiger partial charge in [0.1, 0.15) is 6.61 Å². The van der Waals surface area contributed by atoms with Gasteiger partial charge in [-0.1, -0.05) is 36.8 Å². The molecule has 0 atom stereocenters. The van der Waals surface area contributed by atoms with E-state index in [1.165, 1.54) is 0 Å². The fourth-order valence-electron chi connectivity index (χ4n) is 2.71. The van der Waals surface area contributed by atoms with Crippen molar-refractivity contribution in [1.29, 1.82) is 0 Å². The minimum atomic E-state index is -0.236. The van der Waals surface area contributed by atoms with Crippen molar-refractivity contribution in [3.63, 3.8) is 0 Å². The largest absolute Gasteiger partial charge is 0.466 e. The molecule has 1 aliphatic rings. The second kappa shape index (κ2) is 7.25. The maximum absolute atomic E-state index is 12.0. The maximum Gasteiger partial charge on any atom is 0.306 e. The van der Waals surface area contributed by atoms with Crippen LogP contribution in [0.1, 0.15) is 44.6 Å². The Morgan fingerprint density at radius 2 is 1.67 bits per heavy atom. The number of esters is 2. The minimum absolute atomic E-state index is 0.215. The summed E-state index contributed by atoms with van der Waals surface area (Å²) < 4.78 is 10.3. The predicted molar refractivity (Wildman–Crippen MR) is 78.4 cm³/mol. The summed E-state index contributed by atoms with van der Waals surface area (Å²) in [5.74, 6) is -0.448. The van der Waals surface area contributed by atoms with Crippen molar-refractivity contribution in [3.05, 3.63) is 35.9 Å². The van der Waals surface area contributed by atoms with E-state index in [9.17, 15) is 9.59 Å². The number of rotatable bonds is 7. The van der Waals surface area contributed by atoms with Crippen molar-refractivity contribution >= 4 is 11.9 Å². The third kappa shape index (κ3) is 4.59. The van der Waals surface area contributed by atoms with Crippen molar-refractivity contribution in [2.24, 2.45) is 5.41 Å². The molecule has 1 aromatic rings. The van der Waals surface area contributed by atoms with Gasteiger partial charge < -0.3 is 9.47 Å². The van der Waals surface area contributed by atoms with Gasteiger partial charge in [-0.05, 0) is 30.7 Å². The summed E-state index contributed by atoms with van der Waals surface area (Å²) in [4.78, 5) is 23.6. The van der Waals surface area contributed by atoms with E-state index in [1.807, 2.05) is 30.3 Å². The molecular weight excluding hydrogens is 268 g/mol. The molecule has 0 saturated heterocycles. The van der Waals surface area contributed by atoms with Crippen LogP contribution in [0.4, 0.5) is 0 Å². The molecule has 0 radical (unpaired) electrons. The van der Waals surface area contributed by atoms with Crippen molar-refractivity contribution in [3.8, 4) is 0 Å². The highest BCUT2D eigenvalue weighted by molar-refractivity contribution is 5.74. The predicted octanol–water partition coefficient (Wildman–Crippen LogP) is 3.24. The minimum Gasteiger partial charge on any atom is -0.466 e. The number of hydrogen-bond donors (Lipinski definition) is 0. The van der Waals surface area contributed by atoms with Gasteiger partial charge >= 0.3 is 11.9 Å². The molecule has 1 aliphatic carbocycles. The quantitative estimate of drug-likeness (QED) is 0.723. The second-order valence-electron chi connectivity index (χ2n) is 5.66. The van der Waals surface area contributed by atoms with E-state index in [4.69, 9.17) is 9.47 Å². The molecule has 114 valence electrons. The summed E-state index contributed by atoms with van der Waals surface area (Å²) in [5, 5.41) is 0. The standard InChI is InChI=1S/C17H22O4/c1-2-20-15(18)11-17(9-6-10-17)12-16(19)21-13-14-7-4-3-5-8-14/h3-5,7-8H,2,6,9-13H2,1H3. The molecule has 1 fully saturated rings. The Bertz CT molecular complexity index is 477. The second-order valence-corrected chi connectivity index (χ2v) is 5.66. The molecule has 0 amide bonds. The fourth-order valence-corrected chi connectivity index (χ4v) is 2.71. The van der Waals surface area contributed by atoms with E-state index in [0.717, 1.165) is 24.8 Å². The Morgan fingerprint density at radius 1 is 1.05 bits per heavy atom. The van der Waals surface area contributed by atoms with Gasteiger partial charge in [0.15, 0.2) is 0 Å². The summed E-state index contributed by atoms with van der Waals surface area (Å²) in [6.07, 6.45) is 3.48. The third-order valence-corrected chi connectivity index (χ3v) is 4.00. The van der Waals surface area contributed by atoms with Gasteiger partial charge in [-0.15, -0.1) is 0 Å². The van der Waals surface area contributed by atoms with Gasteiger partial charge in [0.05, 0.1) is 19.4 Å². The smallest absolute Gasteiger partial charge is 0.306 e. The average Bonchev–Trinajstić information content (AvgIpc) is 2.44. The molecule has 1 aromatic carbocycles. The van der Waals surface area contributed by atoms with E-state index >= 15 is 0 Å². The van der Waals surface area contributed by atoms with Crippen LogP contribution < -0.4 is 0 Å². The Kier molecular flexibility index (Phi) is 5.37. The topological polar surface area (TPSA) is 52.6 Å². The number of hydrogen-bond acceptors (Lipinski definition) is 4. The molecule has 0 aromatic heterocycles. The summed E-state index contributed by atoms with van der Waals surface area (Å²) in [6.45, 7) is 2.46. The van der Waals surface area contributed by atoms with Gasteiger partial charge in [0.25, 0.3) is 0 Å². The fraction of sp³-hybridized carbons (Fsp3) is 0.529. The normalized spacial score (nSPS) is 15.9. The summed E-state index contributed by atoms with van der Waals surface area (Å²) >= 11 is 0. The van der Waals surface area contributed by atoms with Gasteiger partial charge in [-0.2, -0.15) is 0 Å². The lowest BCUT2D eigenvalue weighted by Crippen LogP contribution is -2.35. The van der Waals surface area contributed by atoms with Crippen LogP contribution in [0.2, 0.25) is 0 Å². The van der Waals surface area contributed by atoms with E-state index < -0.39 is 0 Å². The first-order valence-corrected chi connectivity index (χ1v) is 7.49. The van der Waals surface area contributed by atoms with Crippen molar-refractivity contribution < 1.29 is 19.1 Å². The van der Waals surface area contributed by atoms with Crippen LogP contribution in [0, 0.1) is 5.41 Å². The lowest BCUT2D eigenvalue weighted by Gasteiger charge is -2.40.